The van der Waals surface area contributed by atoms with Gasteiger partial charge in [-0.15, -0.1) is 0 Å². The first-order valence-electron chi connectivity index (χ1n) is 7.86. The summed E-state index contributed by atoms with van der Waals surface area (Å²) in [6, 6.07) is 10.9. The van der Waals surface area contributed by atoms with E-state index in [1.54, 1.807) is 31.2 Å². The molecule has 132 valence electrons. The van der Waals surface area contributed by atoms with Crippen molar-refractivity contribution in [2.45, 2.75) is 13.8 Å². The predicted molar refractivity (Wildman–Crippen MR) is 96.5 cm³/mol. The summed E-state index contributed by atoms with van der Waals surface area (Å²) in [5.74, 6) is -1.21. The van der Waals surface area contributed by atoms with Crippen LogP contribution in [0.25, 0.3) is 5.69 Å². The number of anilines is 1. The molecule has 0 fully saturated rings. The number of carbonyl (C=O) groups excluding carboxylic acids is 1. The quantitative estimate of drug-likeness (QED) is 0.759. The number of aryl methyl sites for hydroxylation is 2. The van der Waals surface area contributed by atoms with Gasteiger partial charge in [0.15, 0.2) is 0 Å². The second-order valence-electron chi connectivity index (χ2n) is 5.90. The van der Waals surface area contributed by atoms with Gasteiger partial charge in [0.25, 0.3) is 11.5 Å². The number of carbonyl (C=O) groups is 1. The van der Waals surface area contributed by atoms with E-state index in [0.717, 1.165) is 22.4 Å². The summed E-state index contributed by atoms with van der Waals surface area (Å²) in [5, 5.41) is 2.46. The van der Waals surface area contributed by atoms with E-state index in [1.807, 2.05) is 6.92 Å². The van der Waals surface area contributed by atoms with Crippen LogP contribution in [-0.2, 0) is 0 Å². The van der Waals surface area contributed by atoms with Gasteiger partial charge >= 0.3 is 5.69 Å². The van der Waals surface area contributed by atoms with Gasteiger partial charge in [-0.2, -0.15) is 0 Å². The molecule has 1 amide bonds. The fraction of sp³-hybridized carbons (Fsp3) is 0.105. The van der Waals surface area contributed by atoms with Crippen LogP contribution in [0, 0.1) is 19.7 Å². The molecular formula is C19H16FN3O3. The van der Waals surface area contributed by atoms with Gasteiger partial charge < -0.3 is 10.3 Å². The minimum atomic E-state index is -0.761. The molecular weight excluding hydrogens is 337 g/mol. The van der Waals surface area contributed by atoms with Crippen LogP contribution in [-0.4, -0.2) is 15.5 Å². The van der Waals surface area contributed by atoms with E-state index >= 15 is 0 Å². The molecule has 26 heavy (non-hydrogen) atoms. The lowest BCUT2D eigenvalue weighted by Crippen LogP contribution is -2.38. The number of hydrogen-bond donors (Lipinski definition) is 2. The maximum Gasteiger partial charge on any atom is 0.333 e. The number of aromatic amines is 1. The Morgan fingerprint density at radius 2 is 1.77 bits per heavy atom. The van der Waals surface area contributed by atoms with Crippen molar-refractivity contribution < 1.29 is 9.18 Å². The zero-order valence-electron chi connectivity index (χ0n) is 14.2. The summed E-state index contributed by atoms with van der Waals surface area (Å²) < 4.78 is 14.5. The summed E-state index contributed by atoms with van der Waals surface area (Å²) >= 11 is 0. The average molecular weight is 353 g/mol. The Morgan fingerprint density at radius 1 is 1.08 bits per heavy atom. The molecule has 3 aromatic rings. The Morgan fingerprint density at radius 3 is 2.42 bits per heavy atom. The van der Waals surface area contributed by atoms with E-state index in [1.165, 1.54) is 12.1 Å². The SMILES string of the molecule is Cc1ccc(-n2c(=O)[nH]cc(C(=O)Nc3ccc(C)c(F)c3)c2=O)cc1. The second-order valence-corrected chi connectivity index (χ2v) is 5.90. The molecule has 2 N–H and O–H groups in total. The third kappa shape index (κ3) is 3.32. The summed E-state index contributed by atoms with van der Waals surface area (Å²) in [7, 11) is 0. The Hall–Kier alpha value is -3.48. The number of benzene rings is 2. The van der Waals surface area contributed by atoms with E-state index in [-0.39, 0.29) is 11.3 Å². The normalized spacial score (nSPS) is 10.6. The summed E-state index contributed by atoms with van der Waals surface area (Å²) in [5.41, 5.74) is 0.288. The number of halogens is 1. The molecule has 0 unspecified atom stereocenters. The van der Waals surface area contributed by atoms with Crippen LogP contribution in [0.1, 0.15) is 21.5 Å². The summed E-state index contributed by atoms with van der Waals surface area (Å²) in [6.07, 6.45) is 1.05. The standard InChI is InChI=1S/C19H16FN3O3/c1-11-3-7-14(8-4-11)23-18(25)15(10-21-19(23)26)17(24)22-13-6-5-12(2)16(20)9-13/h3-10H,1-2H3,(H,21,26)(H,22,24). The van der Waals surface area contributed by atoms with Crippen molar-refractivity contribution in [1.29, 1.82) is 0 Å². The van der Waals surface area contributed by atoms with E-state index in [4.69, 9.17) is 0 Å². The fourth-order valence-electron chi connectivity index (χ4n) is 2.43. The van der Waals surface area contributed by atoms with E-state index in [2.05, 4.69) is 10.3 Å². The Kier molecular flexibility index (Phi) is 4.53. The highest BCUT2D eigenvalue weighted by Gasteiger charge is 2.16. The zero-order chi connectivity index (χ0) is 18.8. The molecule has 0 radical (unpaired) electrons. The number of amides is 1. The van der Waals surface area contributed by atoms with Gasteiger partial charge in [-0.05, 0) is 43.7 Å². The number of hydrogen-bond acceptors (Lipinski definition) is 3. The van der Waals surface area contributed by atoms with Crippen molar-refractivity contribution in [3.63, 3.8) is 0 Å². The lowest BCUT2D eigenvalue weighted by Gasteiger charge is -2.09. The minimum Gasteiger partial charge on any atom is -0.322 e. The zero-order valence-corrected chi connectivity index (χ0v) is 14.2. The highest BCUT2D eigenvalue weighted by atomic mass is 19.1. The lowest BCUT2D eigenvalue weighted by atomic mass is 10.2. The monoisotopic (exact) mass is 353 g/mol. The molecule has 0 spiro atoms. The molecule has 0 aliphatic heterocycles. The maximum atomic E-state index is 13.6. The lowest BCUT2D eigenvalue weighted by molar-refractivity contribution is 0.102. The molecule has 3 rings (SSSR count). The topological polar surface area (TPSA) is 84.0 Å². The molecule has 0 aliphatic carbocycles. The highest BCUT2D eigenvalue weighted by molar-refractivity contribution is 6.03. The van der Waals surface area contributed by atoms with Crippen molar-refractivity contribution in [2.75, 3.05) is 5.32 Å². The molecule has 1 aromatic heterocycles. The molecule has 6 nitrogen and oxygen atoms in total. The number of H-pyrrole nitrogens is 1. The van der Waals surface area contributed by atoms with Crippen molar-refractivity contribution >= 4 is 11.6 Å². The maximum absolute atomic E-state index is 13.6. The summed E-state index contributed by atoms with van der Waals surface area (Å²) in [4.78, 5) is 39.5. The first-order chi connectivity index (χ1) is 12.4. The number of rotatable bonds is 3. The van der Waals surface area contributed by atoms with Crippen LogP contribution >= 0.6 is 0 Å². The molecule has 7 heteroatoms. The predicted octanol–water partition coefficient (Wildman–Crippen LogP) is 2.53. The molecule has 2 aromatic carbocycles. The summed E-state index contributed by atoms with van der Waals surface area (Å²) in [6.45, 7) is 3.48. The smallest absolute Gasteiger partial charge is 0.322 e. The van der Waals surface area contributed by atoms with Crippen molar-refractivity contribution in [3.8, 4) is 5.69 Å². The van der Waals surface area contributed by atoms with Gasteiger partial charge in [0.2, 0.25) is 0 Å². The van der Waals surface area contributed by atoms with Gasteiger partial charge in [-0.1, -0.05) is 23.8 Å². The molecule has 0 bridgehead atoms. The Bertz CT molecular complexity index is 1100. The van der Waals surface area contributed by atoms with Gasteiger partial charge in [-0.25, -0.2) is 13.8 Å². The van der Waals surface area contributed by atoms with Crippen LogP contribution in [0.3, 0.4) is 0 Å². The van der Waals surface area contributed by atoms with Gasteiger partial charge in [0.1, 0.15) is 11.4 Å². The third-order valence-corrected chi connectivity index (χ3v) is 3.94. The molecule has 0 atom stereocenters. The molecule has 0 saturated carbocycles. The number of nitrogens with one attached hydrogen (secondary N) is 2. The fourth-order valence-corrected chi connectivity index (χ4v) is 2.43. The largest absolute Gasteiger partial charge is 0.333 e. The number of nitrogens with zero attached hydrogens (tertiary/aromatic N) is 1. The minimum absolute atomic E-state index is 0.214. The molecule has 0 saturated heterocycles. The van der Waals surface area contributed by atoms with Gasteiger partial charge in [0.05, 0.1) is 5.69 Å². The van der Waals surface area contributed by atoms with Crippen molar-refractivity contribution in [3.05, 3.63) is 92.0 Å². The van der Waals surface area contributed by atoms with Crippen LogP contribution in [0.2, 0.25) is 0 Å². The van der Waals surface area contributed by atoms with Gasteiger partial charge in [0, 0.05) is 11.9 Å². The van der Waals surface area contributed by atoms with E-state index in [0.29, 0.717) is 11.3 Å². The first kappa shape index (κ1) is 17.3. The Balaban J connectivity index is 2.00. The van der Waals surface area contributed by atoms with E-state index in [9.17, 15) is 18.8 Å². The van der Waals surface area contributed by atoms with Crippen LogP contribution in [0.4, 0.5) is 10.1 Å². The van der Waals surface area contributed by atoms with Crippen molar-refractivity contribution in [1.82, 2.24) is 9.55 Å². The third-order valence-electron chi connectivity index (χ3n) is 3.94. The first-order valence-corrected chi connectivity index (χ1v) is 7.86. The van der Waals surface area contributed by atoms with E-state index < -0.39 is 23.0 Å². The molecule has 0 aliphatic rings. The highest BCUT2D eigenvalue weighted by Crippen LogP contribution is 2.14. The van der Waals surface area contributed by atoms with Crippen LogP contribution < -0.4 is 16.6 Å². The van der Waals surface area contributed by atoms with Gasteiger partial charge in [-0.3, -0.25) is 9.59 Å². The Labute approximate surface area is 147 Å². The molecule has 1 heterocycles. The van der Waals surface area contributed by atoms with Crippen LogP contribution in [0.15, 0.2) is 58.3 Å². The second kappa shape index (κ2) is 6.79. The van der Waals surface area contributed by atoms with Crippen molar-refractivity contribution in [2.24, 2.45) is 0 Å². The van der Waals surface area contributed by atoms with Crippen LogP contribution in [0.5, 0.6) is 0 Å². The average Bonchev–Trinajstić information content (AvgIpc) is 2.60. The number of aromatic nitrogens is 2.